The van der Waals surface area contributed by atoms with Gasteiger partial charge in [0.1, 0.15) is 5.25 Å². The molecule has 5 heteroatoms. The average Bonchev–Trinajstić information content (AvgIpc) is 2.20. The molecule has 0 fully saturated rings. The first-order valence-corrected chi connectivity index (χ1v) is 7.11. The number of carboxylic acids is 1. The van der Waals surface area contributed by atoms with Crippen molar-refractivity contribution in [2.75, 3.05) is 5.75 Å². The van der Waals surface area contributed by atoms with Gasteiger partial charge in [0.15, 0.2) is 0 Å². The minimum atomic E-state index is -2.21. The van der Waals surface area contributed by atoms with E-state index >= 15 is 0 Å². The second kappa shape index (κ2) is 9.68. The zero-order chi connectivity index (χ0) is 13.3. The summed E-state index contributed by atoms with van der Waals surface area (Å²) in [5, 5.41) is 8.62. The van der Waals surface area contributed by atoms with Crippen molar-refractivity contribution in [1.82, 2.24) is 0 Å². The maximum absolute atomic E-state index is 11.8. The van der Waals surface area contributed by atoms with E-state index in [0.29, 0.717) is 18.8 Å². The number of rotatable bonds is 10. The van der Waals surface area contributed by atoms with E-state index in [9.17, 15) is 13.6 Å². The molecular formula is C12H22F2O2S. The lowest BCUT2D eigenvalue weighted by atomic mass is 10.1. The van der Waals surface area contributed by atoms with Gasteiger partial charge < -0.3 is 5.11 Å². The molecule has 0 aliphatic rings. The minimum absolute atomic E-state index is 0.0426. The van der Waals surface area contributed by atoms with Gasteiger partial charge in [-0.1, -0.05) is 20.3 Å². The van der Waals surface area contributed by atoms with Crippen molar-refractivity contribution in [3.8, 4) is 0 Å². The van der Waals surface area contributed by atoms with E-state index in [-0.39, 0.29) is 11.7 Å². The van der Waals surface area contributed by atoms with E-state index in [0.717, 1.165) is 18.6 Å². The van der Waals surface area contributed by atoms with Crippen LogP contribution in [0, 0.1) is 5.92 Å². The third-order valence-electron chi connectivity index (χ3n) is 2.35. The summed E-state index contributed by atoms with van der Waals surface area (Å²) in [5.74, 6) is 0.339. The number of alkyl halides is 2. The second-order valence-corrected chi connectivity index (χ2v) is 5.88. The van der Waals surface area contributed by atoms with Crippen LogP contribution < -0.4 is 0 Å². The average molecular weight is 268 g/mol. The van der Waals surface area contributed by atoms with Gasteiger partial charge in [0.25, 0.3) is 0 Å². The first-order chi connectivity index (χ1) is 7.93. The number of halogens is 2. The molecule has 0 aromatic heterocycles. The topological polar surface area (TPSA) is 37.3 Å². The summed E-state index contributed by atoms with van der Waals surface area (Å²) in [7, 11) is 0. The van der Waals surface area contributed by atoms with Crippen LogP contribution in [-0.2, 0) is 4.79 Å². The van der Waals surface area contributed by atoms with Crippen molar-refractivity contribution in [3.63, 3.8) is 0 Å². The highest BCUT2D eigenvalue weighted by Gasteiger charge is 2.18. The van der Waals surface area contributed by atoms with Gasteiger partial charge in [0.2, 0.25) is 6.43 Å². The van der Waals surface area contributed by atoms with Crippen LogP contribution in [0.4, 0.5) is 8.78 Å². The zero-order valence-corrected chi connectivity index (χ0v) is 11.3. The molecule has 0 aromatic carbocycles. The Labute approximate surface area is 106 Å². The van der Waals surface area contributed by atoms with Crippen molar-refractivity contribution in [2.45, 2.75) is 57.6 Å². The minimum Gasteiger partial charge on any atom is -0.480 e. The maximum Gasteiger partial charge on any atom is 0.316 e. The maximum atomic E-state index is 11.8. The van der Waals surface area contributed by atoms with E-state index in [1.54, 1.807) is 0 Å². The quantitative estimate of drug-likeness (QED) is 0.607. The summed E-state index contributed by atoms with van der Waals surface area (Å²) in [5.41, 5.74) is 0. The Bertz CT molecular complexity index is 211. The van der Waals surface area contributed by atoms with Crippen molar-refractivity contribution in [3.05, 3.63) is 0 Å². The van der Waals surface area contributed by atoms with Gasteiger partial charge in [-0.2, -0.15) is 0 Å². The monoisotopic (exact) mass is 268 g/mol. The number of hydrogen-bond acceptors (Lipinski definition) is 2. The van der Waals surface area contributed by atoms with Gasteiger partial charge in [-0.3, -0.25) is 4.79 Å². The number of unbranched alkanes of at least 4 members (excludes halogenated alkanes) is 2. The molecule has 0 amide bonds. The van der Waals surface area contributed by atoms with Crippen LogP contribution in [0.25, 0.3) is 0 Å². The molecule has 17 heavy (non-hydrogen) atoms. The Hall–Kier alpha value is -0.320. The van der Waals surface area contributed by atoms with Crippen LogP contribution in [0.5, 0.6) is 0 Å². The fourth-order valence-electron chi connectivity index (χ4n) is 1.47. The molecule has 0 aliphatic carbocycles. The molecule has 102 valence electrons. The van der Waals surface area contributed by atoms with Crippen LogP contribution in [0.1, 0.15) is 46.0 Å². The lowest BCUT2D eigenvalue weighted by molar-refractivity contribution is -0.136. The van der Waals surface area contributed by atoms with Crippen LogP contribution in [-0.4, -0.2) is 28.5 Å². The van der Waals surface area contributed by atoms with Gasteiger partial charge in [-0.25, -0.2) is 8.78 Å². The predicted molar refractivity (Wildman–Crippen MR) is 67.8 cm³/mol. The Kier molecular flexibility index (Phi) is 9.50. The number of thioether (sulfide) groups is 1. The summed E-state index contributed by atoms with van der Waals surface area (Å²) in [4.78, 5) is 10.9. The summed E-state index contributed by atoms with van der Waals surface area (Å²) in [6, 6.07) is 0. The molecule has 1 atom stereocenters. The van der Waals surface area contributed by atoms with Crippen molar-refractivity contribution >= 4 is 17.7 Å². The molecule has 0 bridgehead atoms. The van der Waals surface area contributed by atoms with Crippen LogP contribution in [0.2, 0.25) is 0 Å². The number of carboxylic acid groups (broad SMARTS) is 1. The lowest BCUT2D eigenvalue weighted by Gasteiger charge is -2.13. The molecule has 0 spiro atoms. The summed E-state index contributed by atoms with van der Waals surface area (Å²) in [6.07, 6.45) is 0.510. The van der Waals surface area contributed by atoms with Crippen molar-refractivity contribution < 1.29 is 18.7 Å². The summed E-state index contributed by atoms with van der Waals surface area (Å²) < 4.78 is 23.7. The van der Waals surface area contributed by atoms with Gasteiger partial charge >= 0.3 is 5.97 Å². The first-order valence-electron chi connectivity index (χ1n) is 6.06. The molecule has 0 aliphatic heterocycles. The highest BCUT2D eigenvalue weighted by atomic mass is 32.2. The molecule has 0 rings (SSSR count). The summed E-state index contributed by atoms with van der Waals surface area (Å²) in [6.45, 7) is 4.00. The highest BCUT2D eigenvalue weighted by molar-refractivity contribution is 8.00. The molecule has 0 saturated carbocycles. The standard InChI is InChI=1S/C12H22F2O2S/c1-9(2)8-10(12(15)16)17-7-5-3-4-6-11(13)14/h9-11H,3-8H2,1-2H3,(H,15,16). The van der Waals surface area contributed by atoms with E-state index in [4.69, 9.17) is 5.11 Å². The second-order valence-electron chi connectivity index (χ2n) is 4.57. The number of hydrogen-bond donors (Lipinski definition) is 1. The van der Waals surface area contributed by atoms with E-state index in [2.05, 4.69) is 0 Å². The molecule has 2 nitrogen and oxygen atoms in total. The van der Waals surface area contributed by atoms with Crippen molar-refractivity contribution in [2.24, 2.45) is 5.92 Å². The Morgan fingerprint density at radius 1 is 1.24 bits per heavy atom. The van der Waals surface area contributed by atoms with E-state index in [1.807, 2.05) is 13.8 Å². The van der Waals surface area contributed by atoms with Crippen molar-refractivity contribution in [1.29, 1.82) is 0 Å². The largest absolute Gasteiger partial charge is 0.480 e. The molecule has 1 unspecified atom stereocenters. The first kappa shape index (κ1) is 16.7. The van der Waals surface area contributed by atoms with Crippen LogP contribution >= 0.6 is 11.8 Å². The molecule has 1 N–H and O–H groups in total. The predicted octanol–water partition coefficient (Wildman–Crippen LogP) is 4.04. The zero-order valence-electron chi connectivity index (χ0n) is 10.5. The Morgan fingerprint density at radius 2 is 1.88 bits per heavy atom. The van der Waals surface area contributed by atoms with Gasteiger partial charge in [0, 0.05) is 6.42 Å². The molecule has 0 radical (unpaired) electrons. The Morgan fingerprint density at radius 3 is 2.35 bits per heavy atom. The summed E-state index contributed by atoms with van der Waals surface area (Å²) >= 11 is 1.43. The molecule has 0 aromatic rings. The highest BCUT2D eigenvalue weighted by Crippen LogP contribution is 2.21. The number of aliphatic carboxylic acids is 1. The van der Waals surface area contributed by atoms with Crippen LogP contribution in [0.15, 0.2) is 0 Å². The fraction of sp³-hybridized carbons (Fsp3) is 0.917. The SMILES string of the molecule is CC(C)CC(SCCCCCC(F)F)C(=O)O. The van der Waals surface area contributed by atoms with Gasteiger partial charge in [0.05, 0.1) is 0 Å². The normalized spacial score (nSPS) is 13.3. The molecule has 0 saturated heterocycles. The van der Waals surface area contributed by atoms with E-state index < -0.39 is 12.4 Å². The Balaban J connectivity index is 3.58. The molecule has 0 heterocycles. The van der Waals surface area contributed by atoms with E-state index in [1.165, 1.54) is 11.8 Å². The third kappa shape index (κ3) is 10.5. The smallest absolute Gasteiger partial charge is 0.316 e. The fourth-order valence-corrected chi connectivity index (χ4v) is 2.79. The van der Waals surface area contributed by atoms with Gasteiger partial charge in [-0.05, 0) is 30.9 Å². The third-order valence-corrected chi connectivity index (χ3v) is 3.67. The van der Waals surface area contributed by atoms with Crippen LogP contribution in [0.3, 0.4) is 0 Å². The molecular weight excluding hydrogens is 246 g/mol. The lowest BCUT2D eigenvalue weighted by Crippen LogP contribution is -2.19. The van der Waals surface area contributed by atoms with Gasteiger partial charge in [-0.15, -0.1) is 11.8 Å². The number of carbonyl (C=O) groups is 1.